The number of aliphatic hydroxyl groups excluding tert-OH is 1. The highest BCUT2D eigenvalue weighted by Crippen LogP contribution is 2.24. The molecule has 7 heteroatoms. The predicted molar refractivity (Wildman–Crippen MR) is 181 cm³/mol. The summed E-state index contributed by atoms with van der Waals surface area (Å²) in [5.74, 6) is 0. The van der Waals surface area contributed by atoms with Crippen molar-refractivity contribution < 1.29 is 10.0 Å². The van der Waals surface area contributed by atoms with Gasteiger partial charge in [0.05, 0.1) is 22.9 Å². The minimum Gasteiger partial charge on any atom is -0.395 e. The molecule has 0 aliphatic heterocycles. The second kappa shape index (κ2) is 24.6. The maximum atomic E-state index is 10.8. The quantitative estimate of drug-likeness (QED) is 0.0482. The number of rotatable bonds is 27. The zero-order valence-electron chi connectivity index (χ0n) is 26.9. The SMILES string of the molecule is CCCCCCCCCCCCCCCCCCCCCCN(CCO)c1ccc(N=Nc2ccc([N+](=O)[O-])cc2)cc1. The smallest absolute Gasteiger partial charge is 0.269 e. The van der Waals surface area contributed by atoms with Crippen molar-refractivity contribution in [3.05, 3.63) is 58.6 Å². The number of nitro groups is 1. The van der Waals surface area contributed by atoms with E-state index in [0.29, 0.717) is 17.9 Å². The number of azo groups is 1. The van der Waals surface area contributed by atoms with Gasteiger partial charge >= 0.3 is 0 Å². The van der Waals surface area contributed by atoms with E-state index in [0.717, 1.165) is 18.7 Å². The van der Waals surface area contributed by atoms with E-state index >= 15 is 0 Å². The molecular weight excluding hydrogens is 536 g/mol. The summed E-state index contributed by atoms with van der Waals surface area (Å²) in [6.07, 6.45) is 27.6. The standard InChI is InChI=1S/C36H58N4O3/c1-2-3-4-5-6-7-8-9-10-11-12-13-14-15-16-17-18-19-20-21-30-39(31-32-41)35-26-22-33(23-27-35)37-38-34-24-28-36(29-25-34)40(42)43/h22-29,41H,2-21,30-32H2,1H3. The Hall–Kier alpha value is -2.80. The first-order chi connectivity index (χ1) is 21.1. The molecule has 43 heavy (non-hydrogen) atoms. The Morgan fingerprint density at radius 1 is 0.581 bits per heavy atom. The van der Waals surface area contributed by atoms with Gasteiger partial charge in [0.2, 0.25) is 0 Å². The highest BCUT2D eigenvalue weighted by molar-refractivity contribution is 5.53. The first kappa shape index (κ1) is 36.4. The van der Waals surface area contributed by atoms with Crippen LogP contribution in [0.2, 0.25) is 0 Å². The van der Waals surface area contributed by atoms with Crippen LogP contribution in [0.3, 0.4) is 0 Å². The predicted octanol–water partition coefficient (Wildman–Crippen LogP) is 11.6. The zero-order chi connectivity index (χ0) is 30.8. The Balaban J connectivity index is 1.48. The number of hydrogen-bond donors (Lipinski definition) is 1. The molecule has 1 N–H and O–H groups in total. The third-order valence-corrected chi connectivity index (χ3v) is 8.21. The Morgan fingerprint density at radius 3 is 1.33 bits per heavy atom. The van der Waals surface area contributed by atoms with Crippen molar-refractivity contribution in [1.29, 1.82) is 0 Å². The summed E-state index contributed by atoms with van der Waals surface area (Å²) < 4.78 is 0. The summed E-state index contributed by atoms with van der Waals surface area (Å²) in [5, 5.41) is 28.8. The third-order valence-electron chi connectivity index (χ3n) is 8.21. The normalized spacial score (nSPS) is 11.4. The molecule has 0 spiro atoms. The molecule has 0 saturated heterocycles. The number of unbranched alkanes of at least 4 members (excludes halogenated alkanes) is 19. The van der Waals surface area contributed by atoms with Crippen LogP contribution in [0.4, 0.5) is 22.7 Å². The minimum absolute atomic E-state index is 0.0347. The molecule has 0 aromatic heterocycles. The lowest BCUT2D eigenvalue weighted by Crippen LogP contribution is -2.27. The van der Waals surface area contributed by atoms with Crippen LogP contribution in [0.25, 0.3) is 0 Å². The largest absolute Gasteiger partial charge is 0.395 e. The molecule has 0 unspecified atom stereocenters. The van der Waals surface area contributed by atoms with Crippen LogP contribution in [-0.4, -0.2) is 29.7 Å². The van der Waals surface area contributed by atoms with E-state index in [9.17, 15) is 15.2 Å². The van der Waals surface area contributed by atoms with Gasteiger partial charge in [-0.15, -0.1) is 0 Å². The van der Waals surface area contributed by atoms with Gasteiger partial charge in [0.1, 0.15) is 0 Å². The van der Waals surface area contributed by atoms with Gasteiger partial charge in [-0.3, -0.25) is 10.1 Å². The molecular formula is C36H58N4O3. The second-order valence-corrected chi connectivity index (χ2v) is 11.9. The van der Waals surface area contributed by atoms with E-state index in [1.807, 2.05) is 24.3 Å². The van der Waals surface area contributed by atoms with Crippen molar-refractivity contribution in [1.82, 2.24) is 0 Å². The molecule has 0 fully saturated rings. The van der Waals surface area contributed by atoms with Crippen molar-refractivity contribution in [2.24, 2.45) is 10.2 Å². The van der Waals surface area contributed by atoms with Crippen LogP contribution < -0.4 is 4.90 Å². The zero-order valence-corrected chi connectivity index (χ0v) is 26.9. The van der Waals surface area contributed by atoms with Crippen molar-refractivity contribution in [3.63, 3.8) is 0 Å². The first-order valence-electron chi connectivity index (χ1n) is 17.3. The van der Waals surface area contributed by atoms with Crippen LogP contribution in [0.5, 0.6) is 0 Å². The average molecular weight is 595 g/mol. The lowest BCUT2D eigenvalue weighted by molar-refractivity contribution is -0.384. The Morgan fingerprint density at radius 2 is 0.953 bits per heavy atom. The summed E-state index contributed by atoms with van der Waals surface area (Å²) in [6, 6.07) is 13.8. The van der Waals surface area contributed by atoms with Crippen molar-refractivity contribution in [2.75, 3.05) is 24.6 Å². The molecule has 0 amide bonds. The number of benzene rings is 2. The van der Waals surface area contributed by atoms with E-state index in [2.05, 4.69) is 22.1 Å². The van der Waals surface area contributed by atoms with E-state index < -0.39 is 4.92 Å². The molecule has 0 saturated carbocycles. The van der Waals surface area contributed by atoms with Crippen LogP contribution in [-0.2, 0) is 0 Å². The van der Waals surface area contributed by atoms with Gasteiger partial charge in [-0.1, -0.05) is 129 Å². The summed E-state index contributed by atoms with van der Waals surface area (Å²) >= 11 is 0. The number of nitro benzene ring substituents is 1. The van der Waals surface area contributed by atoms with Crippen LogP contribution >= 0.6 is 0 Å². The van der Waals surface area contributed by atoms with Gasteiger partial charge in [0, 0.05) is 30.9 Å². The van der Waals surface area contributed by atoms with Gasteiger partial charge in [-0.05, 0) is 42.8 Å². The van der Waals surface area contributed by atoms with Gasteiger partial charge in [0.15, 0.2) is 0 Å². The molecule has 240 valence electrons. The van der Waals surface area contributed by atoms with Crippen molar-refractivity contribution in [2.45, 2.75) is 135 Å². The lowest BCUT2D eigenvalue weighted by atomic mass is 10.0. The Bertz CT molecular complexity index is 979. The number of hydrogen-bond acceptors (Lipinski definition) is 6. The molecule has 0 atom stereocenters. The molecule has 2 aromatic carbocycles. The Kier molecular flexibility index (Phi) is 20.8. The molecule has 0 heterocycles. The lowest BCUT2D eigenvalue weighted by Gasteiger charge is -2.24. The van der Waals surface area contributed by atoms with Gasteiger partial charge < -0.3 is 10.0 Å². The minimum atomic E-state index is -0.431. The van der Waals surface area contributed by atoms with Crippen molar-refractivity contribution in [3.8, 4) is 0 Å². The number of aliphatic hydroxyl groups is 1. The maximum absolute atomic E-state index is 10.8. The monoisotopic (exact) mass is 594 g/mol. The molecule has 2 aromatic rings. The van der Waals surface area contributed by atoms with Crippen LogP contribution in [0.15, 0.2) is 58.8 Å². The fourth-order valence-electron chi connectivity index (χ4n) is 5.54. The van der Waals surface area contributed by atoms with Crippen LogP contribution in [0.1, 0.15) is 135 Å². The number of anilines is 1. The highest BCUT2D eigenvalue weighted by atomic mass is 16.6. The topological polar surface area (TPSA) is 91.3 Å². The molecule has 7 nitrogen and oxygen atoms in total. The molecule has 2 rings (SSSR count). The maximum Gasteiger partial charge on any atom is 0.269 e. The van der Waals surface area contributed by atoms with Gasteiger partial charge in [-0.2, -0.15) is 10.2 Å². The Labute approximate surface area is 261 Å². The summed E-state index contributed by atoms with van der Waals surface area (Å²) in [4.78, 5) is 12.6. The molecule has 0 bridgehead atoms. The average Bonchev–Trinajstić information content (AvgIpc) is 3.02. The van der Waals surface area contributed by atoms with E-state index in [1.54, 1.807) is 12.1 Å². The van der Waals surface area contributed by atoms with E-state index in [1.165, 1.54) is 134 Å². The second-order valence-electron chi connectivity index (χ2n) is 11.9. The first-order valence-corrected chi connectivity index (χ1v) is 17.3. The summed E-state index contributed by atoms with van der Waals surface area (Å²) in [5.41, 5.74) is 2.38. The third kappa shape index (κ3) is 17.8. The number of nitrogens with zero attached hydrogens (tertiary/aromatic N) is 4. The number of non-ortho nitro benzene ring substituents is 1. The van der Waals surface area contributed by atoms with Gasteiger partial charge in [0.25, 0.3) is 5.69 Å². The molecule has 0 aliphatic rings. The molecule has 0 aliphatic carbocycles. The molecule has 0 radical (unpaired) electrons. The summed E-state index contributed by atoms with van der Waals surface area (Å²) in [7, 11) is 0. The van der Waals surface area contributed by atoms with Crippen LogP contribution in [0, 0.1) is 10.1 Å². The van der Waals surface area contributed by atoms with Crippen molar-refractivity contribution >= 4 is 22.7 Å². The van der Waals surface area contributed by atoms with E-state index in [-0.39, 0.29) is 12.3 Å². The summed E-state index contributed by atoms with van der Waals surface area (Å²) in [6.45, 7) is 3.96. The fraction of sp³-hybridized carbons (Fsp3) is 0.667. The highest BCUT2D eigenvalue weighted by Gasteiger charge is 2.07. The van der Waals surface area contributed by atoms with Gasteiger partial charge in [-0.25, -0.2) is 0 Å². The van der Waals surface area contributed by atoms with E-state index in [4.69, 9.17) is 0 Å². The fourth-order valence-corrected chi connectivity index (χ4v) is 5.54.